The molecule has 0 atom stereocenters. The molecule has 4 aromatic heterocycles. The van der Waals surface area contributed by atoms with Crippen LogP contribution in [0.2, 0.25) is 0 Å². The van der Waals surface area contributed by atoms with Gasteiger partial charge < -0.3 is 4.98 Å². The van der Waals surface area contributed by atoms with Crippen molar-refractivity contribution in [1.82, 2.24) is 24.7 Å². The maximum Gasteiger partial charge on any atom is 0.139 e. The van der Waals surface area contributed by atoms with Crippen LogP contribution in [0.4, 0.5) is 0 Å². The summed E-state index contributed by atoms with van der Waals surface area (Å²) in [5, 5.41) is 6.92. The third-order valence-electron chi connectivity index (χ3n) is 3.90. The molecule has 0 radical (unpaired) electrons. The minimum absolute atomic E-state index is 0.917. The van der Waals surface area contributed by atoms with Crippen LogP contribution >= 0.6 is 0 Å². The van der Waals surface area contributed by atoms with Crippen LogP contribution in [-0.4, -0.2) is 24.7 Å². The molecule has 21 heavy (non-hydrogen) atoms. The zero-order chi connectivity index (χ0) is 14.4. The van der Waals surface area contributed by atoms with Crippen molar-refractivity contribution in [2.75, 3.05) is 0 Å². The van der Waals surface area contributed by atoms with Crippen LogP contribution in [0.5, 0.6) is 0 Å². The zero-order valence-electron chi connectivity index (χ0n) is 12.0. The molecule has 0 amide bonds. The molecule has 4 heterocycles. The smallest absolute Gasteiger partial charge is 0.139 e. The number of aromatic amines is 1. The second-order valence-electron chi connectivity index (χ2n) is 5.13. The first-order valence-corrected chi connectivity index (χ1v) is 7.01. The summed E-state index contributed by atoms with van der Waals surface area (Å²) < 4.78 is 1.94. The molecule has 104 valence electrons. The first-order valence-electron chi connectivity index (χ1n) is 7.01. The molecule has 0 bridgehead atoms. The molecule has 1 N–H and O–H groups in total. The number of nitrogens with zero attached hydrogens (tertiary/aromatic N) is 4. The molecule has 0 aliphatic carbocycles. The number of nitrogens with one attached hydrogen (secondary N) is 1. The van der Waals surface area contributed by atoms with Crippen LogP contribution < -0.4 is 0 Å². The number of aromatic nitrogens is 5. The fourth-order valence-corrected chi connectivity index (χ4v) is 2.90. The lowest BCUT2D eigenvalue weighted by Gasteiger charge is -1.99. The molecule has 0 fully saturated rings. The van der Waals surface area contributed by atoms with Crippen molar-refractivity contribution in [2.45, 2.75) is 13.3 Å². The van der Waals surface area contributed by atoms with E-state index in [1.807, 2.05) is 42.5 Å². The molecule has 0 aromatic carbocycles. The standard InChI is InChI=1S/C16H15N5/c1-3-10-8-18-16-13(10)15-12(9-19-16)14(20-21(15)2)11-5-4-6-17-7-11/h4-9H,3H2,1-2H3,(H,18,19). The van der Waals surface area contributed by atoms with Gasteiger partial charge in [-0.05, 0) is 24.1 Å². The molecule has 4 rings (SSSR count). The first-order chi connectivity index (χ1) is 10.3. The number of pyridine rings is 2. The van der Waals surface area contributed by atoms with Crippen molar-refractivity contribution >= 4 is 21.9 Å². The van der Waals surface area contributed by atoms with E-state index in [9.17, 15) is 0 Å². The third-order valence-corrected chi connectivity index (χ3v) is 3.90. The Morgan fingerprint density at radius 3 is 2.95 bits per heavy atom. The van der Waals surface area contributed by atoms with Crippen LogP contribution in [0.25, 0.3) is 33.2 Å². The lowest BCUT2D eigenvalue weighted by atomic mass is 10.1. The van der Waals surface area contributed by atoms with Gasteiger partial charge >= 0.3 is 0 Å². The van der Waals surface area contributed by atoms with Crippen molar-refractivity contribution in [3.63, 3.8) is 0 Å². The molecular weight excluding hydrogens is 262 g/mol. The Hall–Kier alpha value is -2.69. The van der Waals surface area contributed by atoms with Gasteiger partial charge in [-0.1, -0.05) is 6.92 Å². The Balaban J connectivity index is 2.13. The van der Waals surface area contributed by atoms with Gasteiger partial charge in [0.25, 0.3) is 0 Å². The zero-order valence-corrected chi connectivity index (χ0v) is 12.0. The Labute approximate surface area is 121 Å². The molecule has 4 aromatic rings. The van der Waals surface area contributed by atoms with E-state index < -0.39 is 0 Å². The van der Waals surface area contributed by atoms with Gasteiger partial charge in [0.05, 0.1) is 5.52 Å². The van der Waals surface area contributed by atoms with E-state index in [1.165, 1.54) is 10.9 Å². The fraction of sp³-hybridized carbons (Fsp3) is 0.188. The maximum atomic E-state index is 4.69. The largest absolute Gasteiger partial charge is 0.346 e. The summed E-state index contributed by atoms with van der Waals surface area (Å²) >= 11 is 0. The molecule has 0 aliphatic heterocycles. The Bertz CT molecular complexity index is 934. The molecular formula is C16H15N5. The average molecular weight is 277 g/mol. The lowest BCUT2D eigenvalue weighted by molar-refractivity contribution is 0.802. The SMILES string of the molecule is CCc1c[nH]c2ncc3c(-c4cccnc4)nn(C)c3c12. The molecule has 0 saturated heterocycles. The number of hydrogen-bond acceptors (Lipinski definition) is 3. The predicted molar refractivity (Wildman–Crippen MR) is 83.0 cm³/mol. The monoisotopic (exact) mass is 277 g/mol. The Morgan fingerprint density at radius 2 is 2.19 bits per heavy atom. The highest BCUT2D eigenvalue weighted by molar-refractivity contribution is 6.08. The topological polar surface area (TPSA) is 59.4 Å². The van der Waals surface area contributed by atoms with Crippen molar-refractivity contribution in [1.29, 1.82) is 0 Å². The van der Waals surface area contributed by atoms with Gasteiger partial charge in [0.1, 0.15) is 11.3 Å². The minimum atomic E-state index is 0.917. The van der Waals surface area contributed by atoms with Gasteiger partial charge in [0.2, 0.25) is 0 Å². The molecule has 5 nitrogen and oxygen atoms in total. The summed E-state index contributed by atoms with van der Waals surface area (Å²) in [4.78, 5) is 12.0. The van der Waals surface area contributed by atoms with Gasteiger partial charge in [0, 0.05) is 48.2 Å². The number of H-pyrrole nitrogens is 1. The van der Waals surface area contributed by atoms with E-state index in [1.54, 1.807) is 6.20 Å². The normalized spacial score (nSPS) is 11.5. The molecule has 0 aliphatic rings. The van der Waals surface area contributed by atoms with Gasteiger partial charge in [-0.25, -0.2) is 4.98 Å². The average Bonchev–Trinajstić information content (AvgIpc) is 3.09. The molecule has 0 unspecified atom stereocenters. The number of aryl methyl sites for hydroxylation is 2. The van der Waals surface area contributed by atoms with E-state index in [0.29, 0.717) is 0 Å². The fourth-order valence-electron chi connectivity index (χ4n) is 2.90. The Kier molecular flexibility index (Phi) is 2.54. The summed E-state index contributed by atoms with van der Waals surface area (Å²) in [6.45, 7) is 2.15. The number of hydrogen-bond donors (Lipinski definition) is 1. The molecule has 5 heteroatoms. The van der Waals surface area contributed by atoms with E-state index in [-0.39, 0.29) is 0 Å². The van der Waals surface area contributed by atoms with Crippen molar-refractivity contribution < 1.29 is 0 Å². The Morgan fingerprint density at radius 1 is 1.29 bits per heavy atom. The van der Waals surface area contributed by atoms with Crippen LogP contribution in [0, 0.1) is 0 Å². The van der Waals surface area contributed by atoms with Crippen molar-refractivity contribution in [2.24, 2.45) is 7.05 Å². The van der Waals surface area contributed by atoms with Crippen molar-refractivity contribution in [3.05, 3.63) is 42.5 Å². The lowest BCUT2D eigenvalue weighted by Crippen LogP contribution is -1.91. The van der Waals surface area contributed by atoms with E-state index in [2.05, 4.69) is 27.0 Å². The highest BCUT2D eigenvalue weighted by Gasteiger charge is 2.16. The quantitative estimate of drug-likeness (QED) is 0.612. The van der Waals surface area contributed by atoms with Crippen LogP contribution in [-0.2, 0) is 13.5 Å². The highest BCUT2D eigenvalue weighted by Crippen LogP contribution is 2.32. The van der Waals surface area contributed by atoms with Gasteiger partial charge in [-0.2, -0.15) is 5.10 Å². The minimum Gasteiger partial charge on any atom is -0.346 e. The predicted octanol–water partition coefficient (Wildman–Crippen LogP) is 3.07. The van der Waals surface area contributed by atoms with Crippen LogP contribution in [0.3, 0.4) is 0 Å². The van der Waals surface area contributed by atoms with Gasteiger partial charge in [0.15, 0.2) is 0 Å². The number of fused-ring (bicyclic) bond motifs is 3. The third kappa shape index (κ3) is 1.67. The van der Waals surface area contributed by atoms with E-state index in [4.69, 9.17) is 0 Å². The van der Waals surface area contributed by atoms with Gasteiger partial charge in [-0.3, -0.25) is 9.67 Å². The van der Waals surface area contributed by atoms with E-state index in [0.717, 1.165) is 34.2 Å². The van der Waals surface area contributed by atoms with Crippen LogP contribution in [0.1, 0.15) is 12.5 Å². The van der Waals surface area contributed by atoms with Crippen LogP contribution in [0.15, 0.2) is 36.9 Å². The maximum absolute atomic E-state index is 4.69. The summed E-state index contributed by atoms with van der Waals surface area (Å²) in [5.74, 6) is 0. The summed E-state index contributed by atoms with van der Waals surface area (Å²) in [7, 11) is 1.98. The second-order valence-corrected chi connectivity index (χ2v) is 5.13. The van der Waals surface area contributed by atoms with Crippen molar-refractivity contribution in [3.8, 4) is 11.3 Å². The first kappa shape index (κ1) is 12.1. The second kappa shape index (κ2) is 4.41. The summed E-state index contributed by atoms with van der Waals surface area (Å²) in [5.41, 5.74) is 5.25. The van der Waals surface area contributed by atoms with E-state index >= 15 is 0 Å². The molecule has 0 spiro atoms. The highest BCUT2D eigenvalue weighted by atomic mass is 15.3. The van der Waals surface area contributed by atoms with Gasteiger partial charge in [-0.15, -0.1) is 0 Å². The molecule has 0 saturated carbocycles. The summed E-state index contributed by atoms with van der Waals surface area (Å²) in [6, 6.07) is 3.95. The number of rotatable bonds is 2. The summed E-state index contributed by atoms with van der Waals surface area (Å²) in [6.07, 6.45) is 8.50.